The number of hydrogen-bond donors (Lipinski definition) is 0. The van der Waals surface area contributed by atoms with Gasteiger partial charge in [0.05, 0.1) is 5.41 Å². The fourth-order valence-electron chi connectivity index (χ4n) is 0.583. The van der Waals surface area contributed by atoms with Crippen LogP contribution in [0, 0.1) is 5.41 Å². The molecule has 0 N–H and O–H groups in total. The third-order valence-electron chi connectivity index (χ3n) is 2.34. The van der Waals surface area contributed by atoms with E-state index in [1.54, 1.807) is 20.8 Å². The first-order valence-electron chi connectivity index (χ1n) is 4.79. The molecule has 0 saturated heterocycles. The minimum absolute atomic E-state index is 0.324. The molecular formula is C11H18O3. The molecule has 0 aromatic rings. The lowest BCUT2D eigenvalue weighted by molar-refractivity contribution is -0.164. The van der Waals surface area contributed by atoms with Crippen molar-refractivity contribution in [3.05, 3.63) is 12.2 Å². The van der Waals surface area contributed by atoms with E-state index in [0.717, 1.165) is 0 Å². The number of carbonyl (C=O) groups is 2. The molecule has 0 heterocycles. The monoisotopic (exact) mass is 198 g/mol. The highest BCUT2D eigenvalue weighted by molar-refractivity contribution is 5.97. The third-order valence-corrected chi connectivity index (χ3v) is 2.34. The van der Waals surface area contributed by atoms with Crippen molar-refractivity contribution < 1.29 is 14.3 Å². The smallest absolute Gasteiger partial charge is 0.341 e. The number of rotatable bonds is 4. The number of esters is 2. The van der Waals surface area contributed by atoms with Gasteiger partial charge in [0, 0.05) is 5.57 Å². The molecule has 0 bridgehead atoms. The maximum atomic E-state index is 11.4. The molecule has 0 unspecified atom stereocenters. The van der Waals surface area contributed by atoms with E-state index in [0.29, 0.717) is 18.4 Å². The number of hydrogen-bond acceptors (Lipinski definition) is 3. The lowest BCUT2D eigenvalue weighted by Crippen LogP contribution is -2.28. The lowest BCUT2D eigenvalue weighted by atomic mass is 9.91. The normalized spacial score (nSPS) is 10.9. The summed E-state index contributed by atoms with van der Waals surface area (Å²) in [5.41, 5.74) is -0.283. The molecule has 14 heavy (non-hydrogen) atoms. The Morgan fingerprint density at radius 3 is 2.14 bits per heavy atom. The maximum absolute atomic E-state index is 11.4. The van der Waals surface area contributed by atoms with Gasteiger partial charge in [-0.3, -0.25) is 4.79 Å². The summed E-state index contributed by atoms with van der Waals surface area (Å²) in [5, 5.41) is 0. The SMILES string of the molecule is C=C(CC)C(=O)OC(=O)C(C)(C)CC. The van der Waals surface area contributed by atoms with Gasteiger partial charge in [-0.25, -0.2) is 4.79 Å². The Balaban J connectivity index is 4.34. The third kappa shape index (κ3) is 3.32. The van der Waals surface area contributed by atoms with Crippen molar-refractivity contribution in [2.45, 2.75) is 40.5 Å². The van der Waals surface area contributed by atoms with Gasteiger partial charge in [-0.05, 0) is 26.7 Å². The van der Waals surface area contributed by atoms with Gasteiger partial charge in [-0.15, -0.1) is 0 Å². The van der Waals surface area contributed by atoms with E-state index in [-0.39, 0.29) is 0 Å². The Hall–Kier alpha value is -1.12. The molecule has 0 aliphatic carbocycles. The van der Waals surface area contributed by atoms with E-state index < -0.39 is 17.4 Å². The van der Waals surface area contributed by atoms with Gasteiger partial charge in [0.2, 0.25) is 0 Å². The van der Waals surface area contributed by atoms with Crippen molar-refractivity contribution in [3.63, 3.8) is 0 Å². The molecule has 0 rings (SSSR count). The molecule has 80 valence electrons. The number of ether oxygens (including phenoxy) is 1. The molecule has 0 aromatic heterocycles. The predicted octanol–water partition coefficient (Wildman–Crippen LogP) is 2.46. The highest BCUT2D eigenvalue weighted by atomic mass is 16.6. The molecule has 0 spiro atoms. The first-order valence-corrected chi connectivity index (χ1v) is 4.79. The first-order chi connectivity index (χ1) is 6.35. The minimum atomic E-state index is -0.612. The summed E-state index contributed by atoms with van der Waals surface area (Å²) in [6, 6.07) is 0. The van der Waals surface area contributed by atoms with E-state index >= 15 is 0 Å². The molecule has 0 aliphatic heterocycles. The van der Waals surface area contributed by atoms with Crippen LogP contribution in [0.4, 0.5) is 0 Å². The van der Waals surface area contributed by atoms with Crippen LogP contribution in [0.25, 0.3) is 0 Å². The molecule has 0 atom stereocenters. The second-order valence-electron chi connectivity index (χ2n) is 3.87. The zero-order valence-electron chi connectivity index (χ0n) is 9.35. The summed E-state index contributed by atoms with van der Waals surface area (Å²) in [6.45, 7) is 10.7. The van der Waals surface area contributed by atoms with E-state index in [4.69, 9.17) is 0 Å². The highest BCUT2D eigenvalue weighted by Gasteiger charge is 2.29. The predicted molar refractivity (Wildman–Crippen MR) is 54.6 cm³/mol. The summed E-state index contributed by atoms with van der Waals surface area (Å²) in [7, 11) is 0. The molecule has 0 saturated carbocycles. The van der Waals surface area contributed by atoms with Gasteiger partial charge in [0.25, 0.3) is 0 Å². The summed E-state index contributed by atoms with van der Waals surface area (Å²) in [4.78, 5) is 22.6. The summed E-state index contributed by atoms with van der Waals surface area (Å²) in [5.74, 6) is -1.10. The topological polar surface area (TPSA) is 43.4 Å². The quantitative estimate of drug-likeness (QED) is 0.396. The zero-order valence-corrected chi connectivity index (χ0v) is 9.35. The Morgan fingerprint density at radius 2 is 1.79 bits per heavy atom. The van der Waals surface area contributed by atoms with Crippen LogP contribution in [0.3, 0.4) is 0 Å². The van der Waals surface area contributed by atoms with E-state index in [1.807, 2.05) is 6.92 Å². The average Bonchev–Trinajstić information content (AvgIpc) is 2.16. The molecule has 0 aromatic carbocycles. The van der Waals surface area contributed by atoms with Gasteiger partial charge in [0.15, 0.2) is 0 Å². The molecular weight excluding hydrogens is 180 g/mol. The van der Waals surface area contributed by atoms with Gasteiger partial charge >= 0.3 is 11.9 Å². The average molecular weight is 198 g/mol. The van der Waals surface area contributed by atoms with Crippen molar-refractivity contribution in [2.75, 3.05) is 0 Å². The zero-order chi connectivity index (χ0) is 11.4. The van der Waals surface area contributed by atoms with Gasteiger partial charge in [-0.1, -0.05) is 20.4 Å². The van der Waals surface area contributed by atoms with E-state index in [1.165, 1.54) is 0 Å². The Morgan fingerprint density at radius 1 is 1.29 bits per heavy atom. The first kappa shape index (κ1) is 12.9. The molecule has 3 heteroatoms. The molecule has 3 nitrogen and oxygen atoms in total. The van der Waals surface area contributed by atoms with Crippen LogP contribution in [-0.4, -0.2) is 11.9 Å². The van der Waals surface area contributed by atoms with Crippen molar-refractivity contribution in [3.8, 4) is 0 Å². The van der Waals surface area contributed by atoms with Crippen LogP contribution in [0.5, 0.6) is 0 Å². The van der Waals surface area contributed by atoms with Crippen molar-refractivity contribution in [2.24, 2.45) is 5.41 Å². The van der Waals surface area contributed by atoms with E-state index in [2.05, 4.69) is 11.3 Å². The molecule has 0 aliphatic rings. The van der Waals surface area contributed by atoms with Crippen LogP contribution in [0.15, 0.2) is 12.2 Å². The van der Waals surface area contributed by atoms with Crippen molar-refractivity contribution in [1.29, 1.82) is 0 Å². The summed E-state index contributed by atoms with van der Waals surface area (Å²) in [6.07, 6.45) is 1.14. The standard InChI is InChI=1S/C11H18O3/c1-6-8(3)9(12)14-10(13)11(4,5)7-2/h3,6-7H2,1-2,4-5H3. The second kappa shape index (κ2) is 4.94. The largest absolute Gasteiger partial charge is 0.389 e. The van der Waals surface area contributed by atoms with Crippen molar-refractivity contribution >= 4 is 11.9 Å². The van der Waals surface area contributed by atoms with Crippen LogP contribution < -0.4 is 0 Å². The van der Waals surface area contributed by atoms with Crippen molar-refractivity contribution in [1.82, 2.24) is 0 Å². The number of carbonyl (C=O) groups excluding carboxylic acids is 2. The summed E-state index contributed by atoms with van der Waals surface area (Å²) < 4.78 is 4.68. The van der Waals surface area contributed by atoms with Crippen LogP contribution >= 0.6 is 0 Å². The van der Waals surface area contributed by atoms with E-state index in [9.17, 15) is 9.59 Å². The lowest BCUT2D eigenvalue weighted by Gasteiger charge is -2.19. The minimum Gasteiger partial charge on any atom is -0.389 e. The second-order valence-corrected chi connectivity index (χ2v) is 3.87. The molecule has 0 amide bonds. The Bertz CT molecular complexity index is 251. The molecule has 0 radical (unpaired) electrons. The summed E-state index contributed by atoms with van der Waals surface area (Å²) >= 11 is 0. The van der Waals surface area contributed by atoms with Gasteiger partial charge in [-0.2, -0.15) is 0 Å². The van der Waals surface area contributed by atoms with Gasteiger partial charge in [0.1, 0.15) is 0 Å². The van der Waals surface area contributed by atoms with Crippen LogP contribution in [0.2, 0.25) is 0 Å². The van der Waals surface area contributed by atoms with Crippen LogP contribution in [-0.2, 0) is 14.3 Å². The Kier molecular flexibility index (Phi) is 4.54. The Labute approximate surface area is 85.1 Å². The van der Waals surface area contributed by atoms with Crippen LogP contribution in [0.1, 0.15) is 40.5 Å². The van der Waals surface area contributed by atoms with Gasteiger partial charge < -0.3 is 4.74 Å². The highest BCUT2D eigenvalue weighted by Crippen LogP contribution is 2.22. The maximum Gasteiger partial charge on any atom is 0.341 e. The molecule has 0 fully saturated rings. The fourth-order valence-corrected chi connectivity index (χ4v) is 0.583. The fraction of sp³-hybridized carbons (Fsp3) is 0.636.